The Morgan fingerprint density at radius 1 is 1.04 bits per heavy atom. The summed E-state index contributed by atoms with van der Waals surface area (Å²) in [7, 11) is 0. The number of halogens is 3. The third kappa shape index (κ3) is 12.8. The predicted octanol–water partition coefficient (Wildman–Crippen LogP) is 7.96. The van der Waals surface area contributed by atoms with Crippen LogP contribution in [-0.2, 0) is 39.4 Å². The van der Waals surface area contributed by atoms with Crippen molar-refractivity contribution in [2.45, 2.75) is 134 Å². The van der Waals surface area contributed by atoms with Crippen LogP contribution in [0, 0.1) is 11.8 Å². The molecule has 0 bridgehead atoms. The van der Waals surface area contributed by atoms with Crippen LogP contribution in [0.5, 0.6) is 5.75 Å². The minimum absolute atomic E-state index is 0.0446. The van der Waals surface area contributed by atoms with Gasteiger partial charge in [-0.3, -0.25) is 9.59 Å². The number of allylic oxidation sites excluding steroid dienone is 2. The summed E-state index contributed by atoms with van der Waals surface area (Å²) in [4.78, 5) is 25.2. The number of hydrogen-bond donors (Lipinski definition) is 0. The summed E-state index contributed by atoms with van der Waals surface area (Å²) in [5.41, 5.74) is -0.774. The van der Waals surface area contributed by atoms with Crippen LogP contribution in [0.2, 0.25) is 0 Å². The Morgan fingerprint density at radius 3 is 2.47 bits per heavy atom. The summed E-state index contributed by atoms with van der Waals surface area (Å²) in [6.07, 6.45) is 7.06. The first kappa shape index (κ1) is 37.4. The first-order valence-electron chi connectivity index (χ1n) is 17.3. The molecule has 3 aliphatic rings. The Kier molecular flexibility index (Phi) is 15.0. The molecule has 2 heterocycles. The first-order valence-corrected chi connectivity index (χ1v) is 17.3. The van der Waals surface area contributed by atoms with Gasteiger partial charge in [0.25, 0.3) is 0 Å². The number of hydrogen-bond acceptors (Lipinski definition) is 8. The normalized spacial score (nSPS) is 26.2. The van der Waals surface area contributed by atoms with Crippen LogP contribution in [0.1, 0.15) is 103 Å². The van der Waals surface area contributed by atoms with E-state index < -0.39 is 24.1 Å². The van der Waals surface area contributed by atoms with Crippen molar-refractivity contribution in [2.24, 2.45) is 11.8 Å². The molecule has 0 aromatic heterocycles. The summed E-state index contributed by atoms with van der Waals surface area (Å²) in [6.45, 7) is 4.92. The van der Waals surface area contributed by atoms with Crippen LogP contribution in [0.25, 0.3) is 0 Å². The Morgan fingerprint density at radius 2 is 1.79 bits per heavy atom. The summed E-state index contributed by atoms with van der Waals surface area (Å²) >= 11 is 0. The van der Waals surface area contributed by atoms with Gasteiger partial charge in [0.1, 0.15) is 18.1 Å². The van der Waals surface area contributed by atoms with Gasteiger partial charge in [0.2, 0.25) is 0 Å². The van der Waals surface area contributed by atoms with Crippen molar-refractivity contribution in [1.29, 1.82) is 0 Å². The van der Waals surface area contributed by atoms with Gasteiger partial charge in [0.15, 0.2) is 12.6 Å². The van der Waals surface area contributed by atoms with E-state index in [1.165, 1.54) is 12.1 Å². The number of ketones is 1. The van der Waals surface area contributed by atoms with Crippen LogP contribution < -0.4 is 4.74 Å². The SMILES string of the molecule is CC(C)OC(=O)CCCC=CC[C@H]1C(=O)C[C@@H](OC2CCCCO2)[C@@H]1CC[C@H](COc1cccc(C(F)(F)F)c1)OC1CCCCO1. The largest absolute Gasteiger partial charge is 0.491 e. The molecule has 0 N–H and O–H groups in total. The zero-order valence-corrected chi connectivity index (χ0v) is 27.7. The average molecular weight is 669 g/mol. The van der Waals surface area contributed by atoms with Gasteiger partial charge in [-0.2, -0.15) is 13.2 Å². The fraction of sp³-hybridized carbons (Fsp3) is 0.722. The highest BCUT2D eigenvalue weighted by Crippen LogP contribution is 2.39. The van der Waals surface area contributed by atoms with Crippen molar-refractivity contribution >= 4 is 11.8 Å². The van der Waals surface area contributed by atoms with Gasteiger partial charge in [0.05, 0.1) is 23.9 Å². The summed E-state index contributed by atoms with van der Waals surface area (Å²) in [5, 5.41) is 0. The number of ether oxygens (including phenoxy) is 6. The maximum absolute atomic E-state index is 13.4. The van der Waals surface area contributed by atoms with Gasteiger partial charge >= 0.3 is 12.1 Å². The quantitative estimate of drug-likeness (QED) is 0.0939. The molecule has 2 saturated heterocycles. The summed E-state index contributed by atoms with van der Waals surface area (Å²) < 4.78 is 75.3. The highest BCUT2D eigenvalue weighted by molar-refractivity contribution is 5.84. The second-order valence-corrected chi connectivity index (χ2v) is 13.0. The van der Waals surface area contributed by atoms with Crippen molar-refractivity contribution in [3.8, 4) is 5.75 Å². The predicted molar refractivity (Wildman–Crippen MR) is 169 cm³/mol. The maximum atomic E-state index is 13.4. The number of Topliss-reactive ketones (excluding diaryl/α,β-unsaturated/α-hetero) is 1. The van der Waals surface area contributed by atoms with E-state index in [-0.39, 0.29) is 54.4 Å². The third-order valence-electron chi connectivity index (χ3n) is 8.85. The molecule has 1 aromatic carbocycles. The molecular weight excluding hydrogens is 617 g/mol. The summed E-state index contributed by atoms with van der Waals surface area (Å²) in [6, 6.07) is 4.84. The molecule has 0 radical (unpaired) electrons. The number of unbranched alkanes of at least 4 members (excludes halogenated alkanes) is 1. The zero-order chi connectivity index (χ0) is 33.6. The molecule has 1 aliphatic carbocycles. The molecule has 4 rings (SSSR count). The van der Waals surface area contributed by atoms with Gasteiger partial charge < -0.3 is 28.4 Å². The van der Waals surface area contributed by atoms with Crippen LogP contribution in [0.3, 0.4) is 0 Å². The van der Waals surface area contributed by atoms with Crippen molar-refractivity contribution in [2.75, 3.05) is 19.8 Å². The van der Waals surface area contributed by atoms with Gasteiger partial charge in [-0.1, -0.05) is 18.2 Å². The van der Waals surface area contributed by atoms with E-state index in [1.54, 1.807) is 0 Å². The molecule has 1 aromatic rings. The van der Waals surface area contributed by atoms with Crippen LogP contribution in [0.15, 0.2) is 36.4 Å². The minimum Gasteiger partial charge on any atom is -0.491 e. The van der Waals surface area contributed by atoms with E-state index in [0.717, 1.165) is 50.7 Å². The van der Waals surface area contributed by atoms with Crippen LogP contribution >= 0.6 is 0 Å². The maximum Gasteiger partial charge on any atom is 0.416 e. The second-order valence-electron chi connectivity index (χ2n) is 13.0. The Bertz CT molecular complexity index is 1130. The molecule has 0 amide bonds. The van der Waals surface area contributed by atoms with Crippen molar-refractivity contribution in [1.82, 2.24) is 0 Å². The molecule has 2 aliphatic heterocycles. The van der Waals surface area contributed by atoms with Gasteiger partial charge in [-0.25, -0.2) is 0 Å². The molecule has 47 heavy (non-hydrogen) atoms. The lowest BCUT2D eigenvalue weighted by Gasteiger charge is -2.32. The monoisotopic (exact) mass is 668 g/mol. The number of benzene rings is 1. The smallest absolute Gasteiger partial charge is 0.416 e. The lowest BCUT2D eigenvalue weighted by Crippen LogP contribution is -2.34. The van der Waals surface area contributed by atoms with E-state index >= 15 is 0 Å². The lowest BCUT2D eigenvalue weighted by molar-refractivity contribution is -0.202. The summed E-state index contributed by atoms with van der Waals surface area (Å²) in [5.74, 6) is -0.288. The molecule has 3 fully saturated rings. The molecule has 1 saturated carbocycles. The standard InChI is InChI=1S/C36H51F3O8/c1-25(2)45-33(41)15-6-4-3-5-14-29-30(32(23-31(29)40)47-35-17-8-10-21-43-35)19-18-28(46-34-16-7-9-20-42-34)24-44-27-13-11-12-26(22-27)36(37,38)39/h3,5,11-13,22,25,28-30,32,34-35H,4,6-10,14-21,23-24H2,1-2H3/t28-,29-,30-,32-,34?,35?/m1/s1. The Hall–Kier alpha value is -2.47. The van der Waals surface area contributed by atoms with E-state index in [9.17, 15) is 22.8 Å². The van der Waals surface area contributed by atoms with Gasteiger partial charge in [0, 0.05) is 32.0 Å². The van der Waals surface area contributed by atoms with E-state index in [4.69, 9.17) is 28.4 Å². The fourth-order valence-electron chi connectivity index (χ4n) is 6.46. The van der Waals surface area contributed by atoms with Crippen molar-refractivity contribution in [3.63, 3.8) is 0 Å². The van der Waals surface area contributed by atoms with Crippen molar-refractivity contribution < 1.29 is 51.2 Å². The molecular formula is C36H51F3O8. The molecule has 2 unspecified atom stereocenters. The van der Waals surface area contributed by atoms with Gasteiger partial charge in [-0.05, 0) is 109 Å². The fourth-order valence-corrected chi connectivity index (χ4v) is 6.46. The Balaban J connectivity index is 1.40. The van der Waals surface area contributed by atoms with Crippen LogP contribution in [-0.4, -0.2) is 62.5 Å². The van der Waals surface area contributed by atoms with Crippen molar-refractivity contribution in [3.05, 3.63) is 42.0 Å². The number of carbonyl (C=O) groups excluding carboxylic acids is 2. The number of esters is 1. The lowest BCUT2D eigenvalue weighted by atomic mass is 9.86. The minimum atomic E-state index is -4.47. The molecule has 0 spiro atoms. The molecule has 6 atom stereocenters. The molecule has 11 heteroatoms. The first-order chi connectivity index (χ1) is 22.6. The second kappa shape index (κ2) is 18.9. The van der Waals surface area contributed by atoms with Crippen LogP contribution in [0.4, 0.5) is 13.2 Å². The molecule has 8 nitrogen and oxygen atoms in total. The highest BCUT2D eigenvalue weighted by atomic mass is 19.4. The Labute approximate surface area is 276 Å². The van der Waals surface area contributed by atoms with E-state index in [1.807, 2.05) is 26.0 Å². The highest BCUT2D eigenvalue weighted by Gasteiger charge is 2.43. The zero-order valence-electron chi connectivity index (χ0n) is 27.7. The average Bonchev–Trinajstić information content (AvgIpc) is 3.33. The van der Waals surface area contributed by atoms with Gasteiger partial charge in [-0.15, -0.1) is 0 Å². The topological polar surface area (TPSA) is 89.5 Å². The number of alkyl halides is 3. The number of rotatable bonds is 17. The van der Waals surface area contributed by atoms with E-state index in [2.05, 4.69) is 0 Å². The number of carbonyl (C=O) groups is 2. The van der Waals surface area contributed by atoms with E-state index in [0.29, 0.717) is 58.2 Å². The molecule has 264 valence electrons. The third-order valence-corrected chi connectivity index (χ3v) is 8.85.